The van der Waals surface area contributed by atoms with Crippen LogP contribution in [0.25, 0.3) is 10.8 Å². The summed E-state index contributed by atoms with van der Waals surface area (Å²) in [6, 6.07) is 12.8. The van der Waals surface area contributed by atoms with E-state index in [0.29, 0.717) is 16.2 Å². The van der Waals surface area contributed by atoms with Crippen LogP contribution < -0.4 is 16.0 Å². The fraction of sp³-hybridized carbons (Fsp3) is 0.385. The van der Waals surface area contributed by atoms with Crippen LogP contribution in [0, 0.1) is 12.7 Å². The first-order valence-electron chi connectivity index (χ1n) is 17.5. The zero-order valence-corrected chi connectivity index (χ0v) is 32.9. The van der Waals surface area contributed by atoms with E-state index in [2.05, 4.69) is 10.3 Å². The van der Waals surface area contributed by atoms with Crippen LogP contribution in [0.1, 0.15) is 75.3 Å². The van der Waals surface area contributed by atoms with Crippen molar-refractivity contribution in [3.8, 4) is 0 Å². The van der Waals surface area contributed by atoms with Gasteiger partial charge in [0.2, 0.25) is 15.7 Å². The number of ether oxygens (including phenoxy) is 2. The average Bonchev–Trinajstić information content (AvgIpc) is 3.10. The number of halogens is 1. The first-order chi connectivity index (χ1) is 25.7. The molecule has 0 bridgehead atoms. The van der Waals surface area contributed by atoms with Crippen LogP contribution >= 0.6 is 0 Å². The fourth-order valence-corrected chi connectivity index (χ4v) is 7.94. The number of nitrogen functional groups attached to an aromatic ring is 1. The number of nitrogens with two attached hydrogens (primary N) is 1. The second kappa shape index (κ2) is 17.0. The van der Waals surface area contributed by atoms with Gasteiger partial charge in [-0.15, -0.1) is 0 Å². The Hall–Kier alpha value is -5.32. The molecule has 0 aliphatic carbocycles. The maximum atomic E-state index is 15.4. The van der Waals surface area contributed by atoms with E-state index in [4.69, 9.17) is 15.2 Å². The number of pyridine rings is 1. The molecule has 1 heterocycles. The highest BCUT2D eigenvalue weighted by molar-refractivity contribution is 7.92. The summed E-state index contributed by atoms with van der Waals surface area (Å²) in [4.78, 5) is 45.1. The molecule has 4 aromatic rings. The van der Waals surface area contributed by atoms with Crippen molar-refractivity contribution in [1.29, 1.82) is 0 Å². The van der Waals surface area contributed by atoms with Crippen LogP contribution in [-0.4, -0.2) is 78.4 Å². The molecule has 0 saturated heterocycles. The van der Waals surface area contributed by atoms with Crippen molar-refractivity contribution < 1.29 is 46.9 Å². The molecule has 0 aliphatic heterocycles. The Morgan fingerprint density at radius 3 is 2.33 bits per heavy atom. The molecule has 0 fully saturated rings. The molecule has 3 aromatic carbocycles. The number of likely N-dealkylation sites (N-methyl/N-ethyl adjacent to an activating group) is 1. The van der Waals surface area contributed by atoms with E-state index in [1.54, 1.807) is 45.9 Å². The number of aromatic nitrogens is 1. The highest BCUT2D eigenvalue weighted by Crippen LogP contribution is 2.34. The Kier molecular flexibility index (Phi) is 13.1. The lowest BCUT2D eigenvalue weighted by atomic mass is 9.93. The molecule has 0 aliphatic rings. The van der Waals surface area contributed by atoms with Gasteiger partial charge in [0.25, 0.3) is 0 Å². The predicted octanol–water partition coefficient (Wildman–Crippen LogP) is 6.75. The Morgan fingerprint density at radius 1 is 1.05 bits per heavy atom. The number of carbonyl (C=O) groups is 3. The first kappa shape index (κ1) is 42.4. The molecule has 0 saturated carbocycles. The molecule has 14 nitrogen and oxygen atoms in total. The van der Waals surface area contributed by atoms with Gasteiger partial charge in [-0.1, -0.05) is 32.0 Å². The van der Waals surface area contributed by atoms with E-state index in [-0.39, 0.29) is 58.2 Å². The lowest BCUT2D eigenvalue weighted by Crippen LogP contribution is -2.40. The van der Waals surface area contributed by atoms with Crippen molar-refractivity contribution in [3.63, 3.8) is 0 Å². The summed E-state index contributed by atoms with van der Waals surface area (Å²) in [5, 5.41) is 22.8. The third-order valence-electron chi connectivity index (χ3n) is 8.90. The lowest BCUT2D eigenvalue weighted by Gasteiger charge is -2.28. The van der Waals surface area contributed by atoms with E-state index >= 15 is 4.39 Å². The van der Waals surface area contributed by atoms with Gasteiger partial charge in [-0.2, -0.15) is 4.90 Å². The van der Waals surface area contributed by atoms with E-state index in [1.165, 1.54) is 55.5 Å². The molecule has 2 unspecified atom stereocenters. The molecular formula is C39H48FN5O9S. The van der Waals surface area contributed by atoms with Crippen LogP contribution in [0.3, 0.4) is 0 Å². The van der Waals surface area contributed by atoms with Crippen molar-refractivity contribution in [2.24, 2.45) is 0 Å². The van der Waals surface area contributed by atoms with Gasteiger partial charge < -0.3 is 35.6 Å². The second-order valence-electron chi connectivity index (χ2n) is 14.2. The quantitative estimate of drug-likeness (QED) is 0.104. The van der Waals surface area contributed by atoms with Crippen LogP contribution in [0.4, 0.5) is 31.2 Å². The number of hydrogen-bond donors (Lipinski definition) is 4. The number of methoxy groups -OCH3 is 1. The van der Waals surface area contributed by atoms with Gasteiger partial charge in [0.1, 0.15) is 17.5 Å². The number of sulfone groups is 1. The molecule has 0 spiro atoms. The number of aliphatic hydroxyl groups excluding tert-OH is 1. The summed E-state index contributed by atoms with van der Waals surface area (Å²) in [6.07, 6.45) is -1.95. The number of aliphatic hydroxyl groups is 1. The van der Waals surface area contributed by atoms with Crippen molar-refractivity contribution in [2.45, 2.75) is 82.4 Å². The monoisotopic (exact) mass is 781 g/mol. The van der Waals surface area contributed by atoms with Crippen LogP contribution in [0.15, 0.2) is 65.7 Å². The number of anilines is 3. The molecule has 16 heteroatoms. The number of nitrogens with one attached hydrogen (secondary N) is 1. The van der Waals surface area contributed by atoms with Crippen molar-refractivity contribution >= 4 is 55.9 Å². The largest absolute Gasteiger partial charge is 0.464 e. The number of imide groups is 1. The van der Waals surface area contributed by atoms with Crippen molar-refractivity contribution in [3.05, 3.63) is 88.9 Å². The number of amides is 3. The normalized spacial score (nSPS) is 13.5. The standard InChI is InChI=1S/C39H48FN5O9S/c1-9-33(53-8)55(51,52)32-15-11-26(41)17-25(32)20-44(7)36(47)34(24-10-13-28(22(2)16-24)23(3)21-46)43-27-12-14-29-30(18-27)31(40)19-42-35(29)45(37(48)49)38(50)54-39(4,5)6/h10-19,23,33-34,43,46H,9,20-21,41H2,1-8H3,(H,48,49)/t23-,33?,34?/m0/s1. The molecule has 3 amide bonds. The Labute approximate surface area is 320 Å². The summed E-state index contributed by atoms with van der Waals surface area (Å²) >= 11 is 0. The Bertz CT molecular complexity index is 2190. The molecule has 55 heavy (non-hydrogen) atoms. The lowest BCUT2D eigenvalue weighted by molar-refractivity contribution is -0.131. The highest BCUT2D eigenvalue weighted by atomic mass is 32.2. The Balaban J connectivity index is 1.81. The van der Waals surface area contributed by atoms with Crippen LogP contribution in [0.5, 0.6) is 0 Å². The minimum absolute atomic E-state index is 0.0196. The maximum absolute atomic E-state index is 15.4. The third-order valence-corrected chi connectivity index (χ3v) is 11.1. The summed E-state index contributed by atoms with van der Waals surface area (Å²) in [5.41, 5.74) is 6.90. The summed E-state index contributed by atoms with van der Waals surface area (Å²) < 4.78 is 53.1. The third kappa shape index (κ3) is 9.50. The van der Waals surface area contributed by atoms with E-state index in [0.717, 1.165) is 17.3 Å². The number of hydrogen-bond acceptors (Lipinski definition) is 11. The molecule has 296 valence electrons. The molecule has 3 atom stereocenters. The number of carboxylic acid groups (broad SMARTS) is 1. The maximum Gasteiger partial charge on any atom is 0.425 e. The van der Waals surface area contributed by atoms with Crippen molar-refractivity contribution in [2.75, 3.05) is 36.7 Å². The van der Waals surface area contributed by atoms with E-state index in [1.807, 2.05) is 13.8 Å². The second-order valence-corrected chi connectivity index (χ2v) is 16.3. The fourth-order valence-electron chi connectivity index (χ4n) is 6.22. The van der Waals surface area contributed by atoms with Gasteiger partial charge in [0.15, 0.2) is 11.3 Å². The molecule has 0 radical (unpaired) electrons. The zero-order chi connectivity index (χ0) is 41.0. The summed E-state index contributed by atoms with van der Waals surface area (Å²) in [7, 11) is -1.16. The number of aryl methyl sites for hydroxylation is 1. The van der Waals surface area contributed by atoms with Crippen LogP contribution in [-0.2, 0) is 30.7 Å². The Morgan fingerprint density at radius 2 is 1.75 bits per heavy atom. The van der Waals surface area contributed by atoms with Crippen LogP contribution in [0.2, 0.25) is 0 Å². The molecule has 4 rings (SSSR count). The van der Waals surface area contributed by atoms with E-state index in [9.17, 15) is 33.0 Å². The minimum Gasteiger partial charge on any atom is -0.464 e. The minimum atomic E-state index is -3.98. The molecular weight excluding hydrogens is 734 g/mol. The first-order valence-corrected chi connectivity index (χ1v) is 19.0. The average molecular weight is 782 g/mol. The predicted molar refractivity (Wildman–Crippen MR) is 207 cm³/mol. The molecule has 1 aromatic heterocycles. The van der Waals surface area contributed by atoms with Gasteiger partial charge in [0, 0.05) is 55.4 Å². The van der Waals surface area contributed by atoms with Gasteiger partial charge >= 0.3 is 12.2 Å². The van der Waals surface area contributed by atoms with Gasteiger partial charge in [0.05, 0.1) is 11.1 Å². The van der Waals surface area contributed by atoms with Gasteiger partial charge in [-0.25, -0.2) is 27.4 Å². The number of nitrogens with zero attached hydrogens (tertiary/aromatic N) is 3. The van der Waals surface area contributed by atoms with Crippen molar-refractivity contribution in [1.82, 2.24) is 9.88 Å². The zero-order valence-electron chi connectivity index (χ0n) is 32.1. The van der Waals surface area contributed by atoms with Gasteiger partial charge in [-0.05, 0) is 92.8 Å². The summed E-state index contributed by atoms with van der Waals surface area (Å²) in [5.74, 6) is -1.89. The number of rotatable bonds is 13. The number of carbonyl (C=O) groups excluding carboxylic acids is 2. The number of benzene rings is 3. The smallest absolute Gasteiger partial charge is 0.425 e. The summed E-state index contributed by atoms with van der Waals surface area (Å²) in [6.45, 7) is 9.83. The molecule has 5 N–H and O–H groups in total. The van der Waals surface area contributed by atoms with E-state index < -0.39 is 50.8 Å². The highest BCUT2D eigenvalue weighted by Gasteiger charge is 2.33. The number of fused-ring (bicyclic) bond motifs is 1. The van der Waals surface area contributed by atoms with Gasteiger partial charge in [-0.3, -0.25) is 4.79 Å². The topological polar surface area (TPSA) is 202 Å². The SMILES string of the molecule is CCC(OC)S(=O)(=O)c1ccc(N)cc1CN(C)C(=O)C(Nc1ccc2c(N(C(=O)O)C(=O)OC(C)(C)C)ncc(F)c2c1)c1ccc([C@@H](C)CO)c(C)c1.